The van der Waals surface area contributed by atoms with Crippen molar-refractivity contribution < 1.29 is 42.1 Å². The molecule has 0 bridgehead atoms. The van der Waals surface area contributed by atoms with Crippen LogP contribution in [0.1, 0.15) is 30.6 Å². The van der Waals surface area contributed by atoms with Crippen LogP contribution < -0.4 is 5.32 Å². The number of alkyl halides is 3. The summed E-state index contributed by atoms with van der Waals surface area (Å²) in [5.41, 5.74) is -1.02. The zero-order valence-electron chi connectivity index (χ0n) is 14.9. The Balaban J connectivity index is 2.87. The Morgan fingerprint density at radius 2 is 1.59 bits per heavy atom. The molecule has 1 aromatic rings. The number of hydrogen-bond acceptors (Lipinski definition) is 6. The van der Waals surface area contributed by atoms with Gasteiger partial charge in [-0.15, -0.1) is 0 Å². The minimum Gasteiger partial charge on any atom is -0.469 e. The molecule has 27 heavy (non-hydrogen) atoms. The van der Waals surface area contributed by atoms with Gasteiger partial charge in [-0.05, 0) is 24.1 Å². The van der Waals surface area contributed by atoms with Crippen molar-refractivity contribution in [2.75, 3.05) is 14.2 Å². The van der Waals surface area contributed by atoms with Crippen molar-refractivity contribution in [2.45, 2.75) is 31.7 Å². The highest BCUT2D eigenvalue weighted by molar-refractivity contribution is 5.88. The van der Waals surface area contributed by atoms with Crippen LogP contribution in [-0.4, -0.2) is 43.2 Å². The summed E-state index contributed by atoms with van der Waals surface area (Å²) >= 11 is 0. The Bertz CT molecular complexity index is 674. The van der Waals surface area contributed by atoms with Gasteiger partial charge in [-0.1, -0.05) is 19.1 Å². The van der Waals surface area contributed by atoms with Gasteiger partial charge in [-0.25, -0.2) is 4.79 Å². The van der Waals surface area contributed by atoms with Gasteiger partial charge >= 0.3 is 18.1 Å². The first kappa shape index (κ1) is 22.4. The number of ether oxygens (including phenoxy) is 2. The van der Waals surface area contributed by atoms with E-state index in [0.717, 1.165) is 31.4 Å². The van der Waals surface area contributed by atoms with Crippen molar-refractivity contribution >= 4 is 17.8 Å². The largest absolute Gasteiger partial charge is 0.469 e. The first-order chi connectivity index (χ1) is 12.5. The van der Waals surface area contributed by atoms with Crippen LogP contribution in [0.3, 0.4) is 0 Å². The third-order valence-corrected chi connectivity index (χ3v) is 3.80. The van der Waals surface area contributed by atoms with E-state index in [0.29, 0.717) is 0 Å². The fraction of sp³-hybridized carbons (Fsp3) is 0.471. The van der Waals surface area contributed by atoms with Gasteiger partial charge < -0.3 is 19.9 Å². The van der Waals surface area contributed by atoms with Crippen LogP contribution in [0.25, 0.3) is 0 Å². The van der Waals surface area contributed by atoms with Crippen LogP contribution in [0.5, 0.6) is 0 Å². The van der Waals surface area contributed by atoms with Crippen LogP contribution in [0.2, 0.25) is 0 Å². The van der Waals surface area contributed by atoms with E-state index in [1.54, 1.807) is 0 Å². The molecule has 1 aromatic carbocycles. The van der Waals surface area contributed by atoms with Gasteiger partial charge in [-0.2, -0.15) is 13.2 Å². The molecule has 10 heteroatoms. The second-order valence-corrected chi connectivity index (χ2v) is 5.77. The molecule has 0 saturated heterocycles. The molecule has 0 aliphatic carbocycles. The fourth-order valence-corrected chi connectivity index (χ4v) is 2.26. The van der Waals surface area contributed by atoms with Crippen molar-refractivity contribution in [1.29, 1.82) is 0 Å². The van der Waals surface area contributed by atoms with E-state index < -0.39 is 47.6 Å². The topological polar surface area (TPSA) is 102 Å². The molecule has 0 spiro atoms. The molecule has 0 unspecified atom stereocenters. The molecule has 0 heterocycles. The van der Waals surface area contributed by atoms with Crippen LogP contribution >= 0.6 is 0 Å². The highest BCUT2D eigenvalue weighted by atomic mass is 19.4. The third kappa shape index (κ3) is 6.24. The van der Waals surface area contributed by atoms with E-state index >= 15 is 0 Å². The number of nitrogens with one attached hydrogen (secondary N) is 1. The van der Waals surface area contributed by atoms with Crippen LogP contribution in [0.4, 0.5) is 13.2 Å². The lowest BCUT2D eigenvalue weighted by Crippen LogP contribution is -2.45. The Kier molecular flexibility index (Phi) is 7.77. The van der Waals surface area contributed by atoms with E-state index in [-0.39, 0.29) is 12.0 Å². The highest BCUT2D eigenvalue weighted by Crippen LogP contribution is 2.30. The van der Waals surface area contributed by atoms with E-state index in [2.05, 4.69) is 14.8 Å². The van der Waals surface area contributed by atoms with E-state index in [9.17, 15) is 32.7 Å². The number of esters is 2. The molecule has 0 fully saturated rings. The number of hydrogen-bond donors (Lipinski definition) is 2. The average molecular weight is 391 g/mol. The quantitative estimate of drug-likeness (QED) is 0.685. The number of aliphatic hydroxyl groups excluding tert-OH is 1. The summed E-state index contributed by atoms with van der Waals surface area (Å²) in [6.07, 6.45) is -6.51. The number of amides is 1. The lowest BCUT2D eigenvalue weighted by atomic mass is 10.0. The fourth-order valence-electron chi connectivity index (χ4n) is 2.26. The molecule has 0 aliphatic rings. The van der Waals surface area contributed by atoms with Crippen molar-refractivity contribution in [3.63, 3.8) is 0 Å². The second-order valence-electron chi connectivity index (χ2n) is 5.77. The Labute approximate surface area is 153 Å². The smallest absolute Gasteiger partial charge is 0.416 e. The van der Waals surface area contributed by atoms with Crippen LogP contribution in [0.15, 0.2) is 24.3 Å². The minimum absolute atomic E-state index is 0.0925. The summed E-state index contributed by atoms with van der Waals surface area (Å²) in [7, 11) is 2.25. The Morgan fingerprint density at radius 1 is 1.07 bits per heavy atom. The van der Waals surface area contributed by atoms with E-state index in [1.165, 1.54) is 14.0 Å². The number of carbonyl (C=O) groups excluding carboxylic acids is 3. The van der Waals surface area contributed by atoms with Gasteiger partial charge in [0.25, 0.3) is 5.91 Å². The van der Waals surface area contributed by atoms with Gasteiger partial charge in [0.05, 0.1) is 25.7 Å². The molecule has 150 valence electrons. The molecule has 7 nitrogen and oxygen atoms in total. The predicted octanol–water partition coefficient (Wildman–Crippen LogP) is 1.60. The maximum atomic E-state index is 12.6. The maximum absolute atomic E-state index is 12.6. The summed E-state index contributed by atoms with van der Waals surface area (Å²) < 4.78 is 46.8. The standard InChI is InChI=1S/C17H20F3NO6/c1-9(15(24)26-2)8-12(16(25)27-3)21-14(23)13(22)10-4-6-11(7-5-10)17(18,19)20/h4-7,9,12-13,22H,8H2,1-3H3,(H,21,23)/t9-,12-,13-/m1/s1. The molecule has 1 amide bonds. The molecule has 0 saturated carbocycles. The van der Waals surface area contributed by atoms with E-state index in [4.69, 9.17) is 0 Å². The molecular weight excluding hydrogens is 371 g/mol. The number of benzene rings is 1. The Hall–Kier alpha value is -2.62. The number of rotatable bonds is 7. The SMILES string of the molecule is COC(=O)[C@H](C)C[C@@H](NC(=O)[C@H](O)c1ccc(C(F)(F)F)cc1)C(=O)OC. The van der Waals surface area contributed by atoms with Gasteiger partial charge in [0, 0.05) is 0 Å². The highest BCUT2D eigenvalue weighted by Gasteiger charge is 2.32. The first-order valence-electron chi connectivity index (χ1n) is 7.82. The predicted molar refractivity (Wildman–Crippen MR) is 86.1 cm³/mol. The molecule has 0 aromatic heterocycles. The monoisotopic (exact) mass is 391 g/mol. The van der Waals surface area contributed by atoms with Gasteiger partial charge in [0.2, 0.25) is 0 Å². The molecule has 1 rings (SSSR count). The molecular formula is C17H20F3NO6. The molecule has 2 N–H and O–H groups in total. The van der Waals surface area contributed by atoms with Gasteiger partial charge in [-0.3, -0.25) is 9.59 Å². The van der Waals surface area contributed by atoms with Crippen molar-refractivity contribution in [3.05, 3.63) is 35.4 Å². The Morgan fingerprint density at radius 3 is 2.04 bits per heavy atom. The summed E-state index contributed by atoms with van der Waals surface area (Å²) in [6, 6.07) is 2.11. The molecule has 0 radical (unpaired) electrons. The number of halogens is 3. The normalized spacial score (nSPS) is 14.6. The van der Waals surface area contributed by atoms with Crippen molar-refractivity contribution in [2.24, 2.45) is 5.92 Å². The molecule has 3 atom stereocenters. The lowest BCUT2D eigenvalue weighted by Gasteiger charge is -2.21. The average Bonchev–Trinajstić information content (AvgIpc) is 2.64. The summed E-state index contributed by atoms with van der Waals surface area (Å²) in [6.45, 7) is 1.47. The van der Waals surface area contributed by atoms with Crippen LogP contribution in [-0.2, 0) is 30.0 Å². The summed E-state index contributed by atoms with van der Waals surface area (Å²) in [4.78, 5) is 35.5. The van der Waals surface area contributed by atoms with E-state index in [1.807, 2.05) is 0 Å². The van der Waals surface area contributed by atoms with Crippen LogP contribution in [0, 0.1) is 5.92 Å². The molecule has 0 aliphatic heterocycles. The second kappa shape index (κ2) is 9.36. The minimum atomic E-state index is -4.55. The number of carbonyl (C=O) groups is 3. The summed E-state index contributed by atoms with van der Waals surface area (Å²) in [5, 5.41) is 12.3. The van der Waals surface area contributed by atoms with Crippen molar-refractivity contribution in [1.82, 2.24) is 5.32 Å². The first-order valence-corrected chi connectivity index (χ1v) is 7.82. The maximum Gasteiger partial charge on any atom is 0.416 e. The summed E-state index contributed by atoms with van der Waals surface area (Å²) in [5.74, 6) is -3.23. The number of aliphatic hydroxyl groups is 1. The van der Waals surface area contributed by atoms with Gasteiger partial charge in [0.15, 0.2) is 6.10 Å². The van der Waals surface area contributed by atoms with Crippen molar-refractivity contribution in [3.8, 4) is 0 Å². The zero-order valence-corrected chi connectivity index (χ0v) is 14.9. The third-order valence-electron chi connectivity index (χ3n) is 3.80. The number of methoxy groups -OCH3 is 2. The van der Waals surface area contributed by atoms with Gasteiger partial charge in [0.1, 0.15) is 6.04 Å². The lowest BCUT2D eigenvalue weighted by molar-refractivity contribution is -0.149. The zero-order chi connectivity index (χ0) is 20.8.